The number of ketones is 2. The van der Waals surface area contributed by atoms with Gasteiger partial charge in [-0.3, -0.25) is 9.59 Å². The molecule has 0 saturated carbocycles. The van der Waals surface area contributed by atoms with E-state index >= 15 is 0 Å². The fraction of sp³-hybridized carbons (Fsp3) is 0.417. The molecule has 0 saturated heterocycles. The predicted octanol–water partition coefficient (Wildman–Crippen LogP) is 5.53. The molecule has 31 heavy (non-hydrogen) atoms. The molecule has 0 radical (unpaired) electrons. The van der Waals surface area contributed by atoms with Crippen molar-refractivity contribution in [1.29, 1.82) is 0 Å². The van der Waals surface area contributed by atoms with Gasteiger partial charge >= 0.3 is 35.6 Å². The first-order chi connectivity index (χ1) is 14.4. The fourth-order valence-corrected chi connectivity index (χ4v) is 3.03. The van der Waals surface area contributed by atoms with Gasteiger partial charge in [0.1, 0.15) is 0 Å². The second-order valence-corrected chi connectivity index (χ2v) is 11.8. The zero-order valence-electron chi connectivity index (χ0n) is 19.1. The summed E-state index contributed by atoms with van der Waals surface area (Å²) >= 11 is -0.556. The van der Waals surface area contributed by atoms with E-state index in [1.165, 1.54) is 0 Å². The van der Waals surface area contributed by atoms with Crippen molar-refractivity contribution in [1.82, 2.24) is 10.6 Å². The third-order valence-corrected chi connectivity index (χ3v) is 4.64. The zero-order valence-corrected chi connectivity index (χ0v) is 22.2. The van der Waals surface area contributed by atoms with Crippen molar-refractivity contribution in [3.63, 3.8) is 0 Å². The number of Topliss-reactive ketones (excluding diaryl/α,β-unsaturated/α-hetero) is 2. The first kappa shape index (κ1) is 27.7. The minimum absolute atomic E-state index is 0.0667. The maximum absolute atomic E-state index is 12.5. The molecule has 0 amide bonds. The summed E-state index contributed by atoms with van der Waals surface area (Å²) in [4.78, 5) is 25.1. The minimum atomic E-state index is -0.556. The van der Waals surface area contributed by atoms with E-state index in [1.807, 2.05) is 78.0 Å². The summed E-state index contributed by atoms with van der Waals surface area (Å²) in [6, 6.07) is 0. The van der Waals surface area contributed by atoms with Crippen molar-refractivity contribution >= 4 is 30.2 Å². The van der Waals surface area contributed by atoms with Crippen LogP contribution >= 0.6 is 18.6 Å². The monoisotopic (exact) mass is 498 g/mol. The first-order valence-corrected chi connectivity index (χ1v) is 14.4. The van der Waals surface area contributed by atoms with Crippen LogP contribution in [0.2, 0.25) is 0 Å². The summed E-state index contributed by atoms with van der Waals surface area (Å²) in [6.07, 6.45) is 14.8. The second kappa shape index (κ2) is 12.6. The average Bonchev–Trinajstić information content (AvgIpc) is 2.65. The van der Waals surface area contributed by atoms with Crippen molar-refractivity contribution in [3.8, 4) is 0 Å². The van der Waals surface area contributed by atoms with E-state index < -0.39 is 17.0 Å². The Labute approximate surface area is 203 Å². The molecule has 168 valence electrons. The molecule has 0 spiro atoms. The van der Waals surface area contributed by atoms with E-state index in [1.54, 1.807) is 12.4 Å². The van der Waals surface area contributed by atoms with Crippen molar-refractivity contribution in [2.75, 3.05) is 13.1 Å². The normalized spacial score (nSPS) is 19.0. The van der Waals surface area contributed by atoms with Crippen molar-refractivity contribution in [2.45, 2.75) is 41.5 Å². The third kappa shape index (κ3) is 8.98. The Morgan fingerprint density at radius 2 is 1.10 bits per heavy atom. The van der Waals surface area contributed by atoms with E-state index in [-0.39, 0.29) is 22.4 Å². The van der Waals surface area contributed by atoms with E-state index in [9.17, 15) is 9.59 Å². The Morgan fingerprint density at radius 3 is 1.39 bits per heavy atom. The van der Waals surface area contributed by atoms with Gasteiger partial charge in [0, 0.05) is 47.8 Å². The molecule has 0 unspecified atom stereocenters. The zero-order chi connectivity index (χ0) is 23.7. The van der Waals surface area contributed by atoms with Crippen molar-refractivity contribution in [3.05, 3.63) is 71.1 Å². The Kier molecular flexibility index (Phi) is 11.3. The molecule has 0 fully saturated rings. The Morgan fingerprint density at radius 1 is 0.774 bits per heavy atom. The van der Waals surface area contributed by atoms with Crippen LogP contribution in [0.15, 0.2) is 71.1 Å². The summed E-state index contributed by atoms with van der Waals surface area (Å²) in [5.74, 6) is 0.133. The van der Waals surface area contributed by atoms with Gasteiger partial charge in [0.05, 0.1) is 0 Å². The maximum atomic E-state index is 12.5. The first-order valence-electron chi connectivity index (χ1n) is 10.1. The molecule has 0 aliphatic heterocycles. The van der Waals surface area contributed by atoms with Crippen molar-refractivity contribution < 1.29 is 26.6 Å². The van der Waals surface area contributed by atoms with Crippen LogP contribution in [0, 0.1) is 10.8 Å². The van der Waals surface area contributed by atoms with Crippen LogP contribution < -0.4 is 10.6 Å². The van der Waals surface area contributed by atoms with E-state index in [4.69, 9.17) is 18.6 Å². The SMILES string of the molecule is CC(C)(C)C1=CC=C/C(=C/NCCN/C=C2/C=CC=C(C(C)(C)C)C2=O)C1=O.[Cl][Ti][Cl]. The van der Waals surface area contributed by atoms with Gasteiger partial charge in [0.2, 0.25) is 0 Å². The van der Waals surface area contributed by atoms with Gasteiger partial charge in [-0.2, -0.15) is 0 Å². The van der Waals surface area contributed by atoms with Crippen LogP contribution in [0.5, 0.6) is 0 Å². The summed E-state index contributed by atoms with van der Waals surface area (Å²) < 4.78 is 0. The van der Waals surface area contributed by atoms with Gasteiger partial charge in [-0.1, -0.05) is 65.8 Å². The number of halogens is 2. The van der Waals surface area contributed by atoms with Gasteiger partial charge in [0.25, 0.3) is 0 Å². The molecule has 2 aliphatic carbocycles. The number of rotatable bonds is 5. The van der Waals surface area contributed by atoms with Gasteiger partial charge in [0.15, 0.2) is 11.6 Å². The van der Waals surface area contributed by atoms with Crippen molar-refractivity contribution in [2.24, 2.45) is 10.8 Å². The number of allylic oxidation sites excluding steroid dienone is 10. The molecular formula is C24H32Cl2N2O2Ti. The summed E-state index contributed by atoms with van der Waals surface area (Å²) in [5, 5.41) is 6.34. The van der Waals surface area contributed by atoms with Gasteiger partial charge in [-0.15, -0.1) is 0 Å². The van der Waals surface area contributed by atoms with E-state index in [0.29, 0.717) is 24.2 Å². The Hall–Kier alpha value is -1.33. The molecule has 0 aromatic rings. The molecule has 2 rings (SSSR count). The van der Waals surface area contributed by atoms with E-state index in [0.717, 1.165) is 11.1 Å². The molecule has 0 aromatic heterocycles. The average molecular weight is 499 g/mol. The van der Waals surface area contributed by atoms with Crippen LogP contribution in [-0.2, 0) is 26.6 Å². The number of carbonyl (C=O) groups excluding carboxylic acids is 2. The second-order valence-electron chi connectivity index (χ2n) is 9.22. The fourth-order valence-electron chi connectivity index (χ4n) is 3.03. The standard InChI is InChI=1S/C24H32N2O2.2ClH.Ti/c1-23(2,3)19-11-7-9-17(21(19)27)15-25-13-14-26-16-18-10-8-12-20(22(18)28)24(4,5)6;;;/h7-12,15-16,25-26H,13-14H2,1-6H3;2*1H;/q;;;+2/p-2/b17-15-,18-16-;;;. The summed E-state index contributed by atoms with van der Waals surface area (Å²) in [5.41, 5.74) is 2.61. The van der Waals surface area contributed by atoms with Gasteiger partial charge in [-0.05, 0) is 23.0 Å². The molecule has 2 N–H and O–H groups in total. The van der Waals surface area contributed by atoms with Crippen LogP contribution in [0.4, 0.5) is 0 Å². The topological polar surface area (TPSA) is 58.2 Å². The molecule has 7 heteroatoms. The Bertz CT molecular complexity index is 782. The molecule has 4 nitrogen and oxygen atoms in total. The number of carbonyl (C=O) groups is 2. The number of hydrogen-bond acceptors (Lipinski definition) is 4. The number of nitrogens with one attached hydrogen (secondary N) is 2. The summed E-state index contributed by atoms with van der Waals surface area (Å²) in [6.45, 7) is 13.5. The van der Waals surface area contributed by atoms with Crippen LogP contribution in [-0.4, -0.2) is 24.7 Å². The van der Waals surface area contributed by atoms with Gasteiger partial charge in [-0.25, -0.2) is 0 Å². The number of hydrogen-bond donors (Lipinski definition) is 2. The molecule has 0 bridgehead atoms. The quantitative estimate of drug-likeness (QED) is 0.297. The molecular weight excluding hydrogens is 467 g/mol. The molecule has 0 aromatic carbocycles. The van der Waals surface area contributed by atoms with Crippen LogP contribution in [0.25, 0.3) is 0 Å². The summed E-state index contributed by atoms with van der Waals surface area (Å²) in [7, 11) is 9.78. The Balaban J connectivity index is 0.00000151. The third-order valence-electron chi connectivity index (χ3n) is 4.64. The molecule has 0 heterocycles. The van der Waals surface area contributed by atoms with Crippen LogP contribution in [0.3, 0.4) is 0 Å². The van der Waals surface area contributed by atoms with Gasteiger partial charge < -0.3 is 10.6 Å². The molecule has 2 aliphatic rings. The molecule has 0 atom stereocenters. The van der Waals surface area contributed by atoms with E-state index in [2.05, 4.69) is 10.6 Å². The predicted molar refractivity (Wildman–Crippen MR) is 127 cm³/mol. The van der Waals surface area contributed by atoms with Crippen LogP contribution in [0.1, 0.15) is 41.5 Å².